The minimum absolute atomic E-state index is 0.0257. The van der Waals surface area contributed by atoms with Crippen molar-refractivity contribution in [2.45, 2.75) is 46.8 Å². The van der Waals surface area contributed by atoms with Crippen LogP contribution in [0.1, 0.15) is 38.1 Å². The molecule has 0 aliphatic carbocycles. The molecule has 2 heterocycles. The fourth-order valence-electron chi connectivity index (χ4n) is 3.92. The van der Waals surface area contributed by atoms with E-state index in [9.17, 15) is 23.6 Å². The summed E-state index contributed by atoms with van der Waals surface area (Å²) in [5.41, 5.74) is -0.581. The molecule has 4 rings (SSSR count). The summed E-state index contributed by atoms with van der Waals surface area (Å²) in [5, 5.41) is 9.72. The highest BCUT2D eigenvalue weighted by molar-refractivity contribution is 5.98. The van der Waals surface area contributed by atoms with Crippen molar-refractivity contribution in [3.63, 3.8) is 0 Å². The van der Waals surface area contributed by atoms with Gasteiger partial charge < -0.3 is 10.6 Å². The highest BCUT2D eigenvalue weighted by Gasteiger charge is 2.21. The van der Waals surface area contributed by atoms with Crippen molar-refractivity contribution in [2.24, 2.45) is 5.92 Å². The molecule has 0 bridgehead atoms. The number of hydrogen-bond acceptors (Lipinski definition) is 5. The van der Waals surface area contributed by atoms with E-state index in [2.05, 4.69) is 15.7 Å². The first-order valence-corrected chi connectivity index (χ1v) is 11.6. The Kier molecular flexibility index (Phi) is 6.73. The van der Waals surface area contributed by atoms with E-state index in [0.717, 1.165) is 4.68 Å². The molecule has 0 saturated carbocycles. The number of carbonyl (C=O) groups is 2. The van der Waals surface area contributed by atoms with Gasteiger partial charge in [-0.15, -0.1) is 5.10 Å². The second-order valence-electron chi connectivity index (χ2n) is 9.27. The lowest BCUT2D eigenvalue weighted by Crippen LogP contribution is -2.31. The van der Waals surface area contributed by atoms with Crippen molar-refractivity contribution in [1.82, 2.24) is 24.1 Å². The summed E-state index contributed by atoms with van der Waals surface area (Å²) in [7, 11) is 0. The van der Waals surface area contributed by atoms with E-state index in [1.165, 1.54) is 45.4 Å². The zero-order valence-corrected chi connectivity index (χ0v) is 20.4. The van der Waals surface area contributed by atoms with Gasteiger partial charge in [-0.2, -0.15) is 0 Å². The van der Waals surface area contributed by atoms with Crippen LogP contribution in [-0.4, -0.2) is 36.6 Å². The summed E-state index contributed by atoms with van der Waals surface area (Å²) in [6.45, 7) is 7.27. The Labute approximate surface area is 205 Å². The van der Waals surface area contributed by atoms with Gasteiger partial charge in [-0.05, 0) is 50.1 Å². The molecule has 0 aliphatic heterocycles. The Balaban J connectivity index is 1.86. The molecule has 0 radical (unpaired) electrons. The van der Waals surface area contributed by atoms with E-state index in [0.29, 0.717) is 0 Å². The lowest BCUT2D eigenvalue weighted by molar-refractivity contribution is -0.117. The number of para-hydroxylation sites is 1. The molecule has 0 fully saturated rings. The molecular weight excluding hydrogens is 467 g/mol. The zero-order chi connectivity index (χ0) is 26.1. The van der Waals surface area contributed by atoms with Crippen LogP contribution >= 0.6 is 0 Å². The third kappa shape index (κ3) is 4.77. The van der Waals surface area contributed by atoms with Gasteiger partial charge in [0.05, 0.1) is 16.6 Å². The average molecular weight is 495 g/mol. The highest BCUT2D eigenvalue weighted by atomic mass is 19.1. The summed E-state index contributed by atoms with van der Waals surface area (Å²) in [6, 6.07) is 10.1. The number of aromatic nitrogens is 4. The van der Waals surface area contributed by atoms with E-state index in [1.54, 1.807) is 6.07 Å². The lowest BCUT2D eigenvalue weighted by atomic mass is 10.1. The van der Waals surface area contributed by atoms with E-state index in [-0.39, 0.29) is 57.9 Å². The zero-order valence-electron chi connectivity index (χ0n) is 20.4. The van der Waals surface area contributed by atoms with Crippen molar-refractivity contribution >= 4 is 34.2 Å². The highest BCUT2D eigenvalue weighted by Crippen LogP contribution is 2.16. The second-order valence-corrected chi connectivity index (χ2v) is 9.27. The van der Waals surface area contributed by atoms with Crippen LogP contribution in [0.5, 0.6) is 0 Å². The van der Waals surface area contributed by atoms with Crippen LogP contribution in [0.3, 0.4) is 0 Å². The maximum Gasteiger partial charge on any atom is 0.352 e. The molecular formula is C25H27FN6O4. The average Bonchev–Trinajstić information content (AvgIpc) is 3.13. The van der Waals surface area contributed by atoms with Crippen molar-refractivity contribution < 1.29 is 14.0 Å². The molecule has 188 valence electrons. The third-order valence-electron chi connectivity index (χ3n) is 5.45. The van der Waals surface area contributed by atoms with Gasteiger partial charge in [0.2, 0.25) is 11.7 Å². The molecule has 0 spiro atoms. The minimum atomic E-state index is -0.669. The Hall–Kier alpha value is -4.28. The topological polar surface area (TPSA) is 120 Å². The minimum Gasteiger partial charge on any atom is -0.350 e. The first-order chi connectivity index (χ1) is 17.1. The predicted molar refractivity (Wildman–Crippen MR) is 134 cm³/mol. The largest absolute Gasteiger partial charge is 0.352 e. The maximum absolute atomic E-state index is 13.9. The van der Waals surface area contributed by atoms with Gasteiger partial charge in [0, 0.05) is 18.2 Å². The van der Waals surface area contributed by atoms with Gasteiger partial charge in [0.25, 0.3) is 11.5 Å². The van der Waals surface area contributed by atoms with Gasteiger partial charge in [-0.3, -0.25) is 19.0 Å². The van der Waals surface area contributed by atoms with Crippen LogP contribution in [0.2, 0.25) is 0 Å². The van der Waals surface area contributed by atoms with Crippen LogP contribution in [-0.2, 0) is 17.9 Å². The molecule has 2 aromatic heterocycles. The molecule has 36 heavy (non-hydrogen) atoms. The number of halogens is 1. The van der Waals surface area contributed by atoms with E-state index in [1.807, 2.05) is 27.7 Å². The van der Waals surface area contributed by atoms with E-state index >= 15 is 0 Å². The number of nitrogens with one attached hydrogen (secondary N) is 2. The fraction of sp³-hybridized carbons (Fsp3) is 0.320. The first kappa shape index (κ1) is 24.8. The van der Waals surface area contributed by atoms with Crippen LogP contribution in [0.15, 0.2) is 52.1 Å². The summed E-state index contributed by atoms with van der Waals surface area (Å²) in [4.78, 5) is 51.9. The quantitative estimate of drug-likeness (QED) is 0.409. The number of fused-ring (bicyclic) bond motifs is 3. The predicted octanol–water partition coefficient (Wildman–Crippen LogP) is 2.38. The summed E-state index contributed by atoms with van der Waals surface area (Å²) in [5.74, 6) is -1.52. The summed E-state index contributed by atoms with van der Waals surface area (Å²) >= 11 is 0. The van der Waals surface area contributed by atoms with Crippen molar-refractivity contribution in [3.8, 4) is 0 Å². The summed E-state index contributed by atoms with van der Waals surface area (Å²) in [6.07, 6.45) is 0. The SMILES string of the molecule is CC(C)Cn1c(=O)c2ccc(C(=O)NC(C)C)cc2n2c(=O)n(CC(=O)Nc3ccccc3F)nc12. The van der Waals surface area contributed by atoms with Gasteiger partial charge >= 0.3 is 5.69 Å². The van der Waals surface area contributed by atoms with Crippen LogP contribution < -0.4 is 21.9 Å². The fourth-order valence-corrected chi connectivity index (χ4v) is 3.92. The molecule has 0 saturated heterocycles. The van der Waals surface area contributed by atoms with Gasteiger partial charge in [0.15, 0.2) is 0 Å². The molecule has 0 aliphatic rings. The normalized spacial score (nSPS) is 11.5. The van der Waals surface area contributed by atoms with Crippen molar-refractivity contribution in [1.29, 1.82) is 0 Å². The standard InChI is InChI=1S/C25H27FN6O4/c1-14(2)12-30-23(35)17-10-9-16(22(34)27-15(3)4)11-20(17)32-24(30)29-31(25(32)36)13-21(33)28-19-8-6-5-7-18(19)26/h5-11,14-15H,12-13H2,1-4H3,(H,27,34)(H,28,33). The smallest absolute Gasteiger partial charge is 0.350 e. The number of nitrogens with zero attached hydrogens (tertiary/aromatic N) is 4. The molecule has 4 aromatic rings. The number of amides is 2. The van der Waals surface area contributed by atoms with E-state index in [4.69, 9.17) is 0 Å². The van der Waals surface area contributed by atoms with Crippen molar-refractivity contribution in [3.05, 3.63) is 74.7 Å². The Morgan fingerprint density at radius 3 is 2.44 bits per heavy atom. The van der Waals surface area contributed by atoms with E-state index < -0.39 is 24.0 Å². The monoisotopic (exact) mass is 494 g/mol. The van der Waals surface area contributed by atoms with Crippen molar-refractivity contribution in [2.75, 3.05) is 5.32 Å². The van der Waals surface area contributed by atoms with Gasteiger partial charge in [-0.25, -0.2) is 18.3 Å². The summed E-state index contributed by atoms with van der Waals surface area (Å²) < 4.78 is 17.5. The molecule has 11 heteroatoms. The maximum atomic E-state index is 13.9. The van der Waals surface area contributed by atoms with Crippen LogP contribution in [0.25, 0.3) is 16.7 Å². The molecule has 0 unspecified atom stereocenters. The Morgan fingerprint density at radius 2 is 1.78 bits per heavy atom. The number of carbonyl (C=O) groups excluding carboxylic acids is 2. The molecule has 0 atom stereocenters. The molecule has 2 aromatic carbocycles. The lowest BCUT2D eigenvalue weighted by Gasteiger charge is -2.13. The molecule has 2 amide bonds. The second kappa shape index (κ2) is 9.76. The number of rotatable bonds is 7. The molecule has 2 N–H and O–H groups in total. The first-order valence-electron chi connectivity index (χ1n) is 11.6. The van der Waals surface area contributed by atoms with Crippen LogP contribution in [0.4, 0.5) is 10.1 Å². The van der Waals surface area contributed by atoms with Gasteiger partial charge in [0.1, 0.15) is 12.4 Å². The molecule has 10 nitrogen and oxygen atoms in total. The third-order valence-corrected chi connectivity index (χ3v) is 5.45. The Morgan fingerprint density at radius 1 is 1.06 bits per heavy atom. The number of benzene rings is 2. The number of anilines is 1. The van der Waals surface area contributed by atoms with Crippen LogP contribution in [0, 0.1) is 11.7 Å². The Bertz CT molecular complexity index is 1600. The number of hydrogen-bond donors (Lipinski definition) is 2. The van der Waals surface area contributed by atoms with Gasteiger partial charge in [-0.1, -0.05) is 26.0 Å².